The van der Waals surface area contributed by atoms with Crippen LogP contribution in [0.2, 0.25) is 0 Å². The van der Waals surface area contributed by atoms with Crippen molar-refractivity contribution in [3.05, 3.63) is 48.2 Å². The van der Waals surface area contributed by atoms with E-state index in [2.05, 4.69) is 4.98 Å². The zero-order valence-corrected chi connectivity index (χ0v) is 12.7. The molecule has 0 atom stereocenters. The SMILES string of the molecule is COc1cccc(N(C)S(=O)(=O)c2ccc(CN)cn2)c1. The Balaban J connectivity index is 2.37. The predicted molar refractivity (Wildman–Crippen MR) is 80.7 cm³/mol. The average molecular weight is 307 g/mol. The first kappa shape index (κ1) is 15.3. The lowest BCUT2D eigenvalue weighted by molar-refractivity contribution is 0.415. The highest BCUT2D eigenvalue weighted by Gasteiger charge is 2.22. The molecule has 112 valence electrons. The van der Waals surface area contributed by atoms with Gasteiger partial charge in [0, 0.05) is 25.9 Å². The van der Waals surface area contributed by atoms with Gasteiger partial charge < -0.3 is 10.5 Å². The van der Waals surface area contributed by atoms with Crippen molar-refractivity contribution in [3.8, 4) is 5.75 Å². The van der Waals surface area contributed by atoms with Gasteiger partial charge in [0.05, 0.1) is 12.8 Å². The van der Waals surface area contributed by atoms with E-state index in [0.717, 1.165) is 5.56 Å². The maximum atomic E-state index is 12.5. The molecule has 0 aliphatic heterocycles. The second-order valence-electron chi connectivity index (χ2n) is 4.38. The summed E-state index contributed by atoms with van der Waals surface area (Å²) in [5.41, 5.74) is 6.75. The fraction of sp³-hybridized carbons (Fsp3) is 0.214. The number of methoxy groups -OCH3 is 1. The molecule has 1 aromatic carbocycles. The monoisotopic (exact) mass is 307 g/mol. The van der Waals surface area contributed by atoms with E-state index in [9.17, 15) is 8.42 Å². The molecule has 6 nitrogen and oxygen atoms in total. The molecule has 0 aliphatic rings. The van der Waals surface area contributed by atoms with Crippen molar-refractivity contribution < 1.29 is 13.2 Å². The minimum atomic E-state index is -3.72. The van der Waals surface area contributed by atoms with Crippen LogP contribution in [0.3, 0.4) is 0 Å². The molecule has 0 bridgehead atoms. The molecular formula is C14H17N3O3S. The summed E-state index contributed by atoms with van der Waals surface area (Å²) in [6, 6.07) is 9.91. The van der Waals surface area contributed by atoms with Gasteiger partial charge in [0.25, 0.3) is 10.0 Å². The Hall–Kier alpha value is -2.12. The van der Waals surface area contributed by atoms with E-state index in [1.165, 1.54) is 30.7 Å². The quantitative estimate of drug-likeness (QED) is 0.902. The van der Waals surface area contributed by atoms with Gasteiger partial charge in [0.2, 0.25) is 0 Å². The lowest BCUT2D eigenvalue weighted by Gasteiger charge is -2.19. The normalized spacial score (nSPS) is 11.2. The van der Waals surface area contributed by atoms with Crippen molar-refractivity contribution in [2.75, 3.05) is 18.5 Å². The number of anilines is 1. The van der Waals surface area contributed by atoms with Crippen LogP contribution >= 0.6 is 0 Å². The Kier molecular flexibility index (Phi) is 4.44. The van der Waals surface area contributed by atoms with Crippen LogP contribution in [0, 0.1) is 0 Å². The van der Waals surface area contributed by atoms with Crippen LogP contribution in [0.15, 0.2) is 47.6 Å². The van der Waals surface area contributed by atoms with Crippen molar-refractivity contribution in [3.63, 3.8) is 0 Å². The third kappa shape index (κ3) is 3.14. The molecule has 0 radical (unpaired) electrons. The molecule has 0 amide bonds. The number of hydrogen-bond donors (Lipinski definition) is 1. The maximum Gasteiger partial charge on any atom is 0.281 e. The summed E-state index contributed by atoms with van der Waals surface area (Å²) < 4.78 is 31.3. The van der Waals surface area contributed by atoms with E-state index in [0.29, 0.717) is 18.0 Å². The van der Waals surface area contributed by atoms with E-state index in [4.69, 9.17) is 10.5 Å². The van der Waals surface area contributed by atoms with Gasteiger partial charge in [0.15, 0.2) is 5.03 Å². The van der Waals surface area contributed by atoms with Crippen molar-refractivity contribution >= 4 is 15.7 Å². The number of nitrogens with zero attached hydrogens (tertiary/aromatic N) is 2. The van der Waals surface area contributed by atoms with Crippen LogP contribution in [-0.4, -0.2) is 27.6 Å². The van der Waals surface area contributed by atoms with Gasteiger partial charge in [0.1, 0.15) is 5.75 Å². The van der Waals surface area contributed by atoms with Crippen LogP contribution in [0.5, 0.6) is 5.75 Å². The summed E-state index contributed by atoms with van der Waals surface area (Å²) in [6.45, 7) is 0.319. The number of hydrogen-bond acceptors (Lipinski definition) is 5. The highest BCUT2D eigenvalue weighted by molar-refractivity contribution is 7.92. The van der Waals surface area contributed by atoms with E-state index >= 15 is 0 Å². The lowest BCUT2D eigenvalue weighted by Crippen LogP contribution is -2.27. The molecule has 7 heteroatoms. The number of sulfonamides is 1. The largest absolute Gasteiger partial charge is 0.497 e. The number of aromatic nitrogens is 1. The molecule has 0 unspecified atom stereocenters. The molecule has 1 aromatic heterocycles. The molecule has 0 fully saturated rings. The second-order valence-corrected chi connectivity index (χ2v) is 6.30. The second kappa shape index (κ2) is 6.11. The predicted octanol–water partition coefficient (Wildman–Crippen LogP) is 1.37. The van der Waals surface area contributed by atoms with Crippen LogP contribution in [0.25, 0.3) is 0 Å². The van der Waals surface area contributed by atoms with Crippen molar-refractivity contribution in [1.82, 2.24) is 4.98 Å². The Morgan fingerprint density at radius 1 is 1.29 bits per heavy atom. The molecule has 2 aromatic rings. The Morgan fingerprint density at radius 2 is 2.05 bits per heavy atom. The maximum absolute atomic E-state index is 12.5. The van der Waals surface area contributed by atoms with Crippen LogP contribution in [0.1, 0.15) is 5.56 Å². The highest BCUT2D eigenvalue weighted by atomic mass is 32.2. The van der Waals surface area contributed by atoms with Gasteiger partial charge in [-0.05, 0) is 23.8 Å². The fourth-order valence-corrected chi connectivity index (χ4v) is 2.87. The number of pyridine rings is 1. The first-order valence-corrected chi connectivity index (χ1v) is 7.71. The smallest absolute Gasteiger partial charge is 0.281 e. The molecule has 1 heterocycles. The van der Waals surface area contributed by atoms with Gasteiger partial charge in [-0.25, -0.2) is 4.98 Å². The third-order valence-electron chi connectivity index (χ3n) is 3.08. The standard InChI is InChI=1S/C14H17N3O3S/c1-17(12-4-3-5-13(8-12)20-2)21(18,19)14-7-6-11(9-15)10-16-14/h3-8,10H,9,15H2,1-2H3. The Morgan fingerprint density at radius 3 is 2.62 bits per heavy atom. The molecular weight excluding hydrogens is 290 g/mol. The molecule has 0 spiro atoms. The number of benzene rings is 1. The van der Waals surface area contributed by atoms with Crippen molar-refractivity contribution in [2.24, 2.45) is 5.73 Å². The van der Waals surface area contributed by atoms with E-state index in [1.54, 1.807) is 30.3 Å². The minimum absolute atomic E-state index is 0.0231. The van der Waals surface area contributed by atoms with Gasteiger partial charge in [-0.2, -0.15) is 8.42 Å². The van der Waals surface area contributed by atoms with Gasteiger partial charge >= 0.3 is 0 Å². The molecule has 2 N–H and O–H groups in total. The summed E-state index contributed by atoms with van der Waals surface area (Å²) in [7, 11) is -0.713. The highest BCUT2D eigenvalue weighted by Crippen LogP contribution is 2.24. The van der Waals surface area contributed by atoms with Crippen molar-refractivity contribution in [2.45, 2.75) is 11.6 Å². The molecule has 2 rings (SSSR count). The average Bonchev–Trinajstić information content (AvgIpc) is 2.54. The van der Waals surface area contributed by atoms with Gasteiger partial charge in [-0.1, -0.05) is 12.1 Å². The zero-order chi connectivity index (χ0) is 15.5. The summed E-state index contributed by atoms with van der Waals surface area (Å²) in [5.74, 6) is 0.584. The molecule has 21 heavy (non-hydrogen) atoms. The summed E-state index contributed by atoms with van der Waals surface area (Å²) in [5, 5.41) is -0.0231. The molecule has 0 saturated carbocycles. The van der Waals surface area contributed by atoms with Crippen molar-refractivity contribution in [1.29, 1.82) is 0 Å². The number of rotatable bonds is 5. The first-order chi connectivity index (χ1) is 9.98. The van der Waals surface area contributed by atoms with Crippen LogP contribution in [0.4, 0.5) is 5.69 Å². The van der Waals surface area contributed by atoms with E-state index in [-0.39, 0.29) is 5.03 Å². The molecule has 0 aliphatic carbocycles. The van der Waals surface area contributed by atoms with E-state index < -0.39 is 10.0 Å². The van der Waals surface area contributed by atoms with Crippen LogP contribution in [-0.2, 0) is 16.6 Å². The fourth-order valence-electron chi connectivity index (χ4n) is 1.77. The lowest BCUT2D eigenvalue weighted by atomic mass is 10.3. The van der Waals surface area contributed by atoms with Crippen LogP contribution < -0.4 is 14.8 Å². The Bertz CT molecular complexity index is 714. The summed E-state index contributed by atoms with van der Waals surface area (Å²) in [4.78, 5) is 3.97. The minimum Gasteiger partial charge on any atom is -0.497 e. The zero-order valence-electron chi connectivity index (χ0n) is 11.9. The topological polar surface area (TPSA) is 85.5 Å². The van der Waals surface area contributed by atoms with Gasteiger partial charge in [-0.3, -0.25) is 4.31 Å². The number of ether oxygens (including phenoxy) is 1. The van der Waals surface area contributed by atoms with E-state index in [1.807, 2.05) is 0 Å². The summed E-state index contributed by atoms with van der Waals surface area (Å²) in [6.07, 6.45) is 1.46. The first-order valence-electron chi connectivity index (χ1n) is 6.27. The summed E-state index contributed by atoms with van der Waals surface area (Å²) >= 11 is 0. The third-order valence-corrected chi connectivity index (χ3v) is 4.78. The molecule has 0 saturated heterocycles. The number of nitrogens with two attached hydrogens (primary N) is 1. The van der Waals surface area contributed by atoms with Gasteiger partial charge in [-0.15, -0.1) is 0 Å². The Labute approximate surface area is 124 Å².